The van der Waals surface area contributed by atoms with E-state index in [1.165, 1.54) is 12.8 Å². The Kier molecular flexibility index (Phi) is 2.80. The minimum Gasteiger partial charge on any atom is -0.480 e. The van der Waals surface area contributed by atoms with Crippen molar-refractivity contribution in [2.45, 2.75) is 32.7 Å². The molecular formula is C12H18N2O. The molecule has 1 aromatic heterocycles. The van der Waals surface area contributed by atoms with Crippen LogP contribution in [0, 0.1) is 12.8 Å². The zero-order chi connectivity index (χ0) is 10.8. The van der Waals surface area contributed by atoms with Crippen molar-refractivity contribution in [2.75, 3.05) is 12.4 Å². The predicted molar refractivity (Wildman–Crippen MR) is 61.3 cm³/mol. The fourth-order valence-corrected chi connectivity index (χ4v) is 1.78. The molecule has 0 aromatic carbocycles. The Hall–Kier alpha value is -1.25. The van der Waals surface area contributed by atoms with Crippen molar-refractivity contribution in [3.63, 3.8) is 0 Å². The number of rotatable bonds is 4. The second-order valence-corrected chi connectivity index (χ2v) is 4.34. The summed E-state index contributed by atoms with van der Waals surface area (Å²) in [5, 5.41) is 3.48. The molecule has 1 atom stereocenters. The van der Waals surface area contributed by atoms with Crippen molar-refractivity contribution >= 4 is 5.69 Å². The van der Waals surface area contributed by atoms with Gasteiger partial charge in [-0.05, 0) is 44.2 Å². The van der Waals surface area contributed by atoms with Gasteiger partial charge in [0.2, 0.25) is 5.88 Å². The number of pyridine rings is 1. The molecule has 82 valence electrons. The average Bonchev–Trinajstić information content (AvgIpc) is 3.01. The highest BCUT2D eigenvalue weighted by molar-refractivity contribution is 5.54. The molecule has 0 spiro atoms. The number of nitrogens with zero attached hydrogens (tertiary/aromatic N) is 1. The Balaban J connectivity index is 2.13. The molecule has 3 heteroatoms. The maximum absolute atomic E-state index is 5.23. The third kappa shape index (κ3) is 2.41. The van der Waals surface area contributed by atoms with Crippen molar-refractivity contribution in [1.29, 1.82) is 0 Å². The lowest BCUT2D eigenvalue weighted by Gasteiger charge is -2.16. The molecule has 0 saturated heterocycles. The summed E-state index contributed by atoms with van der Waals surface area (Å²) in [5.74, 6) is 1.52. The first kappa shape index (κ1) is 10.3. The van der Waals surface area contributed by atoms with Gasteiger partial charge in [0.25, 0.3) is 0 Å². The quantitative estimate of drug-likeness (QED) is 0.822. The van der Waals surface area contributed by atoms with Gasteiger partial charge in [0.05, 0.1) is 12.8 Å². The Morgan fingerprint density at radius 2 is 2.27 bits per heavy atom. The van der Waals surface area contributed by atoms with Gasteiger partial charge in [-0.1, -0.05) is 0 Å². The normalized spacial score (nSPS) is 17.3. The van der Waals surface area contributed by atoms with E-state index in [1.807, 2.05) is 13.1 Å². The molecule has 1 aromatic rings. The molecule has 0 radical (unpaired) electrons. The van der Waals surface area contributed by atoms with E-state index < -0.39 is 0 Å². The van der Waals surface area contributed by atoms with Crippen LogP contribution in [0.25, 0.3) is 0 Å². The molecule has 0 aliphatic heterocycles. The average molecular weight is 206 g/mol. The highest BCUT2D eigenvalue weighted by Crippen LogP contribution is 2.35. The molecule has 3 nitrogen and oxygen atoms in total. The van der Waals surface area contributed by atoms with Gasteiger partial charge in [-0.2, -0.15) is 0 Å². The lowest BCUT2D eigenvalue weighted by molar-refractivity contribution is 0.399. The lowest BCUT2D eigenvalue weighted by atomic mass is 10.2. The first-order valence-corrected chi connectivity index (χ1v) is 5.48. The van der Waals surface area contributed by atoms with Crippen LogP contribution in [-0.4, -0.2) is 18.1 Å². The molecule has 15 heavy (non-hydrogen) atoms. The summed E-state index contributed by atoms with van der Waals surface area (Å²) in [6.07, 6.45) is 4.51. The summed E-state index contributed by atoms with van der Waals surface area (Å²) in [6.45, 7) is 4.26. The molecule has 2 rings (SSSR count). The molecule has 1 heterocycles. The van der Waals surface area contributed by atoms with E-state index in [0.29, 0.717) is 11.9 Å². The number of nitrogens with one attached hydrogen (secondary N) is 1. The third-order valence-electron chi connectivity index (χ3n) is 2.89. The van der Waals surface area contributed by atoms with Crippen LogP contribution >= 0.6 is 0 Å². The number of hydrogen-bond acceptors (Lipinski definition) is 3. The Morgan fingerprint density at radius 3 is 2.87 bits per heavy atom. The van der Waals surface area contributed by atoms with Crippen LogP contribution in [0.2, 0.25) is 0 Å². The second-order valence-electron chi connectivity index (χ2n) is 4.34. The largest absolute Gasteiger partial charge is 0.480 e. The predicted octanol–water partition coefficient (Wildman–Crippen LogP) is 2.61. The van der Waals surface area contributed by atoms with Crippen molar-refractivity contribution in [3.05, 3.63) is 17.8 Å². The Labute approximate surface area is 90.9 Å². The number of hydrogen-bond donors (Lipinski definition) is 1. The molecule has 1 fully saturated rings. The van der Waals surface area contributed by atoms with Gasteiger partial charge in [-0.3, -0.25) is 0 Å². The van der Waals surface area contributed by atoms with Crippen LogP contribution < -0.4 is 10.1 Å². The monoisotopic (exact) mass is 206 g/mol. The smallest absolute Gasteiger partial charge is 0.237 e. The highest BCUT2D eigenvalue weighted by Gasteiger charge is 2.28. The maximum atomic E-state index is 5.23. The van der Waals surface area contributed by atoms with E-state index >= 15 is 0 Å². The molecule has 1 aliphatic carbocycles. The van der Waals surface area contributed by atoms with Crippen molar-refractivity contribution in [2.24, 2.45) is 5.92 Å². The molecule has 1 aliphatic rings. The van der Waals surface area contributed by atoms with E-state index in [4.69, 9.17) is 4.74 Å². The topological polar surface area (TPSA) is 34.1 Å². The first-order chi connectivity index (χ1) is 7.20. The van der Waals surface area contributed by atoms with E-state index in [-0.39, 0.29) is 0 Å². The van der Waals surface area contributed by atoms with Gasteiger partial charge in [0, 0.05) is 12.2 Å². The zero-order valence-corrected chi connectivity index (χ0v) is 9.58. The van der Waals surface area contributed by atoms with E-state index in [9.17, 15) is 0 Å². The fourth-order valence-electron chi connectivity index (χ4n) is 1.78. The highest BCUT2D eigenvalue weighted by atomic mass is 16.5. The summed E-state index contributed by atoms with van der Waals surface area (Å²) in [4.78, 5) is 4.24. The second kappa shape index (κ2) is 4.09. The van der Waals surface area contributed by atoms with Gasteiger partial charge < -0.3 is 10.1 Å². The first-order valence-electron chi connectivity index (χ1n) is 5.48. The third-order valence-corrected chi connectivity index (χ3v) is 2.89. The van der Waals surface area contributed by atoms with Crippen LogP contribution in [0.5, 0.6) is 5.88 Å². The summed E-state index contributed by atoms with van der Waals surface area (Å²) < 4.78 is 5.23. The Bertz CT molecular complexity index is 347. The van der Waals surface area contributed by atoms with Gasteiger partial charge in [-0.15, -0.1) is 0 Å². The molecule has 1 saturated carbocycles. The summed E-state index contributed by atoms with van der Waals surface area (Å²) in [7, 11) is 1.66. The van der Waals surface area contributed by atoms with Crippen LogP contribution in [0.1, 0.15) is 25.3 Å². The van der Waals surface area contributed by atoms with Gasteiger partial charge in [0.15, 0.2) is 0 Å². The van der Waals surface area contributed by atoms with Crippen molar-refractivity contribution < 1.29 is 4.74 Å². The molecule has 0 amide bonds. The summed E-state index contributed by atoms with van der Waals surface area (Å²) in [6, 6.07) is 2.60. The number of aryl methyl sites for hydroxylation is 1. The number of ether oxygens (including phenoxy) is 1. The fraction of sp³-hybridized carbons (Fsp3) is 0.583. The van der Waals surface area contributed by atoms with Crippen LogP contribution in [0.4, 0.5) is 5.69 Å². The Morgan fingerprint density at radius 1 is 1.53 bits per heavy atom. The number of anilines is 1. The van der Waals surface area contributed by atoms with E-state index in [0.717, 1.165) is 17.2 Å². The van der Waals surface area contributed by atoms with Crippen molar-refractivity contribution in [3.8, 4) is 5.88 Å². The summed E-state index contributed by atoms with van der Waals surface area (Å²) >= 11 is 0. The van der Waals surface area contributed by atoms with E-state index in [1.54, 1.807) is 7.11 Å². The molecular weight excluding hydrogens is 188 g/mol. The number of methoxy groups -OCH3 is 1. The molecule has 0 bridgehead atoms. The molecule has 1 unspecified atom stereocenters. The van der Waals surface area contributed by atoms with Crippen molar-refractivity contribution in [1.82, 2.24) is 4.98 Å². The van der Waals surface area contributed by atoms with Gasteiger partial charge >= 0.3 is 0 Å². The molecule has 1 N–H and O–H groups in total. The van der Waals surface area contributed by atoms with Gasteiger partial charge in [0.1, 0.15) is 0 Å². The van der Waals surface area contributed by atoms with E-state index in [2.05, 4.69) is 23.3 Å². The minimum absolute atomic E-state index is 0.516. The summed E-state index contributed by atoms with van der Waals surface area (Å²) in [5.41, 5.74) is 2.16. The minimum atomic E-state index is 0.516. The SMILES string of the molecule is COc1ncc(C)cc1NC(C)C1CC1. The maximum Gasteiger partial charge on any atom is 0.237 e. The zero-order valence-electron chi connectivity index (χ0n) is 9.58. The van der Waals surface area contributed by atoms with Gasteiger partial charge in [-0.25, -0.2) is 4.98 Å². The standard InChI is InChI=1S/C12H18N2O/c1-8-6-11(12(15-3)13-7-8)14-9(2)10-4-5-10/h6-7,9-10,14H,4-5H2,1-3H3. The van der Waals surface area contributed by atoms with Crippen LogP contribution in [0.15, 0.2) is 12.3 Å². The van der Waals surface area contributed by atoms with Crippen LogP contribution in [-0.2, 0) is 0 Å². The lowest BCUT2D eigenvalue weighted by Crippen LogP contribution is -2.18. The van der Waals surface area contributed by atoms with Crippen LogP contribution in [0.3, 0.4) is 0 Å². The number of aromatic nitrogens is 1.